The quantitative estimate of drug-likeness (QED) is 0.679. The molecule has 1 saturated carbocycles. The molecular formula is C21H29N3O3. The van der Waals surface area contributed by atoms with Gasteiger partial charge < -0.3 is 20.7 Å². The van der Waals surface area contributed by atoms with Crippen molar-refractivity contribution in [1.82, 2.24) is 4.90 Å². The van der Waals surface area contributed by atoms with Gasteiger partial charge in [-0.25, -0.2) is 4.79 Å². The highest BCUT2D eigenvalue weighted by Crippen LogP contribution is 2.31. The number of carbonyl (C=O) groups excluding carboxylic acids is 2. The first-order valence-corrected chi connectivity index (χ1v) is 9.78. The number of primary amides is 1. The molecule has 0 unspecified atom stereocenters. The molecule has 146 valence electrons. The van der Waals surface area contributed by atoms with Crippen LogP contribution in [0.5, 0.6) is 5.75 Å². The van der Waals surface area contributed by atoms with Gasteiger partial charge in [-0.3, -0.25) is 4.79 Å². The number of amides is 3. The van der Waals surface area contributed by atoms with Crippen LogP contribution in [0.1, 0.15) is 55.3 Å². The first-order chi connectivity index (χ1) is 13.1. The molecule has 6 heteroatoms. The number of nitrogens with two attached hydrogens (primary N) is 1. The third kappa shape index (κ3) is 5.49. The van der Waals surface area contributed by atoms with Gasteiger partial charge in [-0.05, 0) is 69.1 Å². The summed E-state index contributed by atoms with van der Waals surface area (Å²) in [6.07, 6.45) is 10.5. The third-order valence-corrected chi connectivity index (χ3v) is 5.27. The van der Waals surface area contributed by atoms with Gasteiger partial charge in [-0.2, -0.15) is 0 Å². The molecule has 3 rings (SSSR count). The van der Waals surface area contributed by atoms with Crippen molar-refractivity contribution < 1.29 is 14.3 Å². The summed E-state index contributed by atoms with van der Waals surface area (Å²) < 4.78 is 5.15. The summed E-state index contributed by atoms with van der Waals surface area (Å²) in [4.78, 5) is 26.3. The second-order valence-corrected chi connectivity index (χ2v) is 7.46. The standard InChI is InChI=1S/C21H29N3O3/c1-27-19-10-9-17(13-18(19)20(22)25)23-21(26)24(14-16-7-8-16)12-11-15-5-3-2-4-6-15/h5,9-10,13,16H,2-4,6-8,11-12,14H2,1H3,(H2,22,25)(H,23,26). The Bertz CT molecular complexity index is 725. The number of nitrogens with zero attached hydrogens (tertiary/aromatic N) is 1. The van der Waals surface area contributed by atoms with Gasteiger partial charge in [0, 0.05) is 18.8 Å². The van der Waals surface area contributed by atoms with Crippen molar-refractivity contribution in [2.75, 3.05) is 25.5 Å². The van der Waals surface area contributed by atoms with E-state index < -0.39 is 5.91 Å². The van der Waals surface area contributed by atoms with E-state index in [0.29, 0.717) is 17.4 Å². The monoisotopic (exact) mass is 371 g/mol. The number of methoxy groups -OCH3 is 1. The first-order valence-electron chi connectivity index (χ1n) is 9.78. The zero-order valence-electron chi connectivity index (χ0n) is 16.0. The van der Waals surface area contributed by atoms with Gasteiger partial charge in [0.15, 0.2) is 0 Å². The number of benzene rings is 1. The molecule has 0 heterocycles. The van der Waals surface area contributed by atoms with E-state index in [1.165, 1.54) is 38.4 Å². The predicted octanol–water partition coefficient (Wildman–Crippen LogP) is 3.93. The normalized spacial score (nSPS) is 16.4. The number of rotatable bonds is 8. The Balaban J connectivity index is 1.65. The van der Waals surface area contributed by atoms with Crippen LogP contribution in [0.4, 0.5) is 10.5 Å². The van der Waals surface area contributed by atoms with E-state index >= 15 is 0 Å². The fourth-order valence-electron chi connectivity index (χ4n) is 3.48. The minimum atomic E-state index is -0.581. The minimum Gasteiger partial charge on any atom is -0.496 e. The number of urea groups is 1. The van der Waals surface area contributed by atoms with Gasteiger partial charge in [-0.1, -0.05) is 11.6 Å². The van der Waals surface area contributed by atoms with Crippen LogP contribution in [0, 0.1) is 5.92 Å². The first kappa shape index (κ1) is 19.3. The van der Waals surface area contributed by atoms with E-state index in [2.05, 4.69) is 11.4 Å². The summed E-state index contributed by atoms with van der Waals surface area (Å²) in [6.45, 7) is 1.52. The molecule has 1 fully saturated rings. The summed E-state index contributed by atoms with van der Waals surface area (Å²) >= 11 is 0. The highest BCUT2D eigenvalue weighted by atomic mass is 16.5. The number of allylic oxidation sites excluding steroid dienone is 1. The Labute approximate surface area is 160 Å². The molecule has 0 radical (unpaired) electrons. The average molecular weight is 371 g/mol. The lowest BCUT2D eigenvalue weighted by Crippen LogP contribution is -2.37. The van der Waals surface area contributed by atoms with Gasteiger partial charge in [-0.15, -0.1) is 0 Å². The molecule has 3 N–H and O–H groups in total. The van der Waals surface area contributed by atoms with Crippen LogP contribution in [0.25, 0.3) is 0 Å². The van der Waals surface area contributed by atoms with E-state index in [0.717, 1.165) is 32.4 Å². The van der Waals surface area contributed by atoms with Gasteiger partial charge in [0.25, 0.3) is 5.91 Å². The number of anilines is 1. The fourth-order valence-corrected chi connectivity index (χ4v) is 3.48. The average Bonchev–Trinajstić information content (AvgIpc) is 3.50. The molecule has 0 spiro atoms. The van der Waals surface area contributed by atoms with Crippen LogP contribution in [-0.4, -0.2) is 37.0 Å². The Morgan fingerprint density at radius 1 is 1.30 bits per heavy atom. The summed E-state index contributed by atoms with van der Waals surface area (Å²) in [5.41, 5.74) is 7.68. The largest absolute Gasteiger partial charge is 0.496 e. The number of hydrogen-bond acceptors (Lipinski definition) is 3. The lowest BCUT2D eigenvalue weighted by Gasteiger charge is -2.24. The summed E-state index contributed by atoms with van der Waals surface area (Å²) in [7, 11) is 1.48. The lowest BCUT2D eigenvalue weighted by molar-refractivity contribution is 0.0997. The minimum absolute atomic E-state index is 0.126. The molecule has 6 nitrogen and oxygen atoms in total. The van der Waals surface area contributed by atoms with Crippen LogP contribution in [0.3, 0.4) is 0 Å². The van der Waals surface area contributed by atoms with Gasteiger partial charge in [0.05, 0.1) is 12.7 Å². The Morgan fingerprint density at radius 3 is 2.74 bits per heavy atom. The van der Waals surface area contributed by atoms with E-state index in [1.807, 2.05) is 4.90 Å². The van der Waals surface area contributed by atoms with Crippen molar-refractivity contribution in [3.05, 3.63) is 35.4 Å². The Kier molecular flexibility index (Phi) is 6.37. The van der Waals surface area contributed by atoms with Crippen molar-refractivity contribution in [3.8, 4) is 5.75 Å². The molecule has 0 saturated heterocycles. The molecule has 1 aromatic carbocycles. The molecule has 0 aliphatic heterocycles. The van der Waals surface area contributed by atoms with Crippen LogP contribution >= 0.6 is 0 Å². The van der Waals surface area contributed by atoms with E-state index in [9.17, 15) is 9.59 Å². The number of carbonyl (C=O) groups is 2. The molecule has 0 bridgehead atoms. The van der Waals surface area contributed by atoms with Crippen LogP contribution < -0.4 is 15.8 Å². The summed E-state index contributed by atoms with van der Waals surface area (Å²) in [6, 6.07) is 4.81. The second-order valence-electron chi connectivity index (χ2n) is 7.46. The maximum Gasteiger partial charge on any atom is 0.321 e. The van der Waals surface area contributed by atoms with Crippen molar-refractivity contribution in [2.24, 2.45) is 11.7 Å². The highest BCUT2D eigenvalue weighted by Gasteiger charge is 2.27. The molecule has 2 aliphatic rings. The molecule has 27 heavy (non-hydrogen) atoms. The van der Waals surface area contributed by atoms with E-state index in [1.54, 1.807) is 18.2 Å². The van der Waals surface area contributed by atoms with Crippen molar-refractivity contribution in [1.29, 1.82) is 0 Å². The number of hydrogen-bond donors (Lipinski definition) is 2. The molecule has 2 aliphatic carbocycles. The van der Waals surface area contributed by atoms with Gasteiger partial charge in [0.2, 0.25) is 0 Å². The topological polar surface area (TPSA) is 84.7 Å². The maximum absolute atomic E-state index is 12.8. The molecule has 0 atom stereocenters. The summed E-state index contributed by atoms with van der Waals surface area (Å²) in [5, 5.41) is 2.91. The van der Waals surface area contributed by atoms with Crippen LogP contribution in [0.2, 0.25) is 0 Å². The Morgan fingerprint density at radius 2 is 2.11 bits per heavy atom. The smallest absolute Gasteiger partial charge is 0.321 e. The van der Waals surface area contributed by atoms with Crippen molar-refractivity contribution in [3.63, 3.8) is 0 Å². The Hall–Kier alpha value is -2.50. The SMILES string of the molecule is COc1ccc(NC(=O)N(CCC2=CCCCC2)CC2CC2)cc1C(N)=O. The maximum atomic E-state index is 12.8. The van der Waals surface area contributed by atoms with E-state index in [4.69, 9.17) is 10.5 Å². The summed E-state index contributed by atoms with van der Waals surface area (Å²) in [5.74, 6) is 0.440. The molecule has 3 amide bonds. The van der Waals surface area contributed by atoms with Crippen LogP contribution in [-0.2, 0) is 0 Å². The number of nitrogens with one attached hydrogen (secondary N) is 1. The van der Waals surface area contributed by atoms with Gasteiger partial charge in [0.1, 0.15) is 5.75 Å². The van der Waals surface area contributed by atoms with Crippen molar-refractivity contribution >= 4 is 17.6 Å². The lowest BCUT2D eigenvalue weighted by atomic mass is 9.97. The predicted molar refractivity (Wildman–Crippen MR) is 106 cm³/mol. The van der Waals surface area contributed by atoms with E-state index in [-0.39, 0.29) is 11.6 Å². The zero-order chi connectivity index (χ0) is 19.2. The molecule has 0 aromatic heterocycles. The van der Waals surface area contributed by atoms with Gasteiger partial charge >= 0.3 is 6.03 Å². The fraction of sp³-hybridized carbons (Fsp3) is 0.524. The number of ether oxygens (including phenoxy) is 1. The third-order valence-electron chi connectivity index (χ3n) is 5.27. The second kappa shape index (κ2) is 8.93. The highest BCUT2D eigenvalue weighted by molar-refractivity contribution is 5.98. The molecular weight excluding hydrogens is 342 g/mol. The van der Waals surface area contributed by atoms with Crippen LogP contribution in [0.15, 0.2) is 29.8 Å². The zero-order valence-corrected chi connectivity index (χ0v) is 16.0. The van der Waals surface area contributed by atoms with Crippen molar-refractivity contribution in [2.45, 2.75) is 44.9 Å². The molecule has 1 aromatic rings.